The van der Waals surface area contributed by atoms with Crippen molar-refractivity contribution in [2.45, 2.75) is 12.5 Å². The Balaban J connectivity index is 1.92. The Labute approximate surface area is 119 Å². The molecule has 1 atom stereocenters. The second-order valence-electron chi connectivity index (χ2n) is 4.35. The number of hydrazone groups is 1. The number of carbonyl (C=O) groups excluding carboxylic acids is 1. The van der Waals surface area contributed by atoms with Crippen molar-refractivity contribution in [2.75, 3.05) is 0 Å². The van der Waals surface area contributed by atoms with Crippen LogP contribution < -0.4 is 0 Å². The van der Waals surface area contributed by atoms with Crippen LogP contribution in [-0.4, -0.2) is 26.8 Å². The molecule has 1 aromatic heterocycles. The van der Waals surface area contributed by atoms with Gasteiger partial charge in [0, 0.05) is 30.1 Å². The zero-order valence-electron chi connectivity index (χ0n) is 10.3. The average molecular weight is 293 g/mol. The van der Waals surface area contributed by atoms with E-state index in [1.807, 2.05) is 0 Å². The van der Waals surface area contributed by atoms with Crippen molar-refractivity contribution in [1.29, 1.82) is 0 Å². The van der Waals surface area contributed by atoms with Crippen LogP contribution in [0.2, 0.25) is 5.02 Å². The summed E-state index contributed by atoms with van der Waals surface area (Å²) >= 11 is 5.86. The van der Waals surface area contributed by atoms with E-state index in [0.29, 0.717) is 17.0 Å². The van der Waals surface area contributed by atoms with Crippen LogP contribution >= 0.6 is 11.6 Å². The van der Waals surface area contributed by atoms with Gasteiger partial charge in [0.05, 0.1) is 6.04 Å². The molecular formula is C13H10ClFN4O. The Bertz CT molecular complexity index is 651. The SMILES string of the molecule is O=C(N1N=CCC1c1cc(F)cc(Cl)c1)n1ccnc1. The standard InChI is InChI=1S/C13H10ClFN4O/c14-10-5-9(6-11(15)7-10)12-1-2-17-19(12)13(20)18-4-3-16-8-18/h2-8,12H,1H2. The first-order valence-electron chi connectivity index (χ1n) is 5.95. The van der Waals surface area contributed by atoms with Gasteiger partial charge in [0.25, 0.3) is 0 Å². The normalized spacial score (nSPS) is 17.7. The van der Waals surface area contributed by atoms with Crippen LogP contribution in [0.4, 0.5) is 9.18 Å². The molecule has 0 bridgehead atoms. The summed E-state index contributed by atoms with van der Waals surface area (Å²) < 4.78 is 14.8. The largest absolute Gasteiger partial charge is 0.350 e. The molecule has 2 aromatic rings. The van der Waals surface area contributed by atoms with Crippen LogP contribution in [0.15, 0.2) is 42.0 Å². The highest BCUT2D eigenvalue weighted by atomic mass is 35.5. The quantitative estimate of drug-likeness (QED) is 0.811. The number of imidazole rings is 1. The zero-order chi connectivity index (χ0) is 14.1. The summed E-state index contributed by atoms with van der Waals surface area (Å²) in [4.78, 5) is 16.1. The van der Waals surface area contributed by atoms with Crippen LogP contribution in [-0.2, 0) is 0 Å². The van der Waals surface area contributed by atoms with Crippen molar-refractivity contribution in [2.24, 2.45) is 5.10 Å². The average Bonchev–Trinajstić information content (AvgIpc) is 3.08. The molecule has 0 fully saturated rings. The zero-order valence-corrected chi connectivity index (χ0v) is 11.0. The van der Waals surface area contributed by atoms with E-state index in [2.05, 4.69) is 10.1 Å². The third-order valence-electron chi connectivity index (χ3n) is 3.02. The Kier molecular flexibility index (Phi) is 3.23. The highest BCUT2D eigenvalue weighted by Gasteiger charge is 2.29. The molecule has 20 heavy (non-hydrogen) atoms. The number of carbonyl (C=O) groups is 1. The Hall–Kier alpha value is -2.21. The molecule has 0 spiro atoms. The van der Waals surface area contributed by atoms with Crippen LogP contribution in [0.3, 0.4) is 0 Å². The van der Waals surface area contributed by atoms with E-state index in [-0.39, 0.29) is 12.1 Å². The summed E-state index contributed by atoms with van der Waals surface area (Å²) in [5.41, 5.74) is 0.612. The maximum absolute atomic E-state index is 13.4. The summed E-state index contributed by atoms with van der Waals surface area (Å²) in [6, 6.07) is 3.51. The summed E-state index contributed by atoms with van der Waals surface area (Å²) in [7, 11) is 0. The van der Waals surface area contributed by atoms with E-state index >= 15 is 0 Å². The summed E-state index contributed by atoms with van der Waals surface area (Å²) in [5, 5.41) is 5.65. The molecule has 0 saturated heterocycles. The molecule has 0 radical (unpaired) electrons. The van der Waals surface area contributed by atoms with Gasteiger partial charge in [0.15, 0.2) is 0 Å². The fraction of sp³-hybridized carbons (Fsp3) is 0.154. The Morgan fingerprint density at radius 3 is 2.95 bits per heavy atom. The van der Waals surface area contributed by atoms with Crippen molar-refractivity contribution in [1.82, 2.24) is 14.6 Å². The van der Waals surface area contributed by atoms with Crippen LogP contribution in [0, 0.1) is 5.82 Å². The molecule has 5 nitrogen and oxygen atoms in total. The van der Waals surface area contributed by atoms with Crippen molar-refractivity contribution >= 4 is 23.8 Å². The number of rotatable bonds is 1. The van der Waals surface area contributed by atoms with Gasteiger partial charge < -0.3 is 0 Å². The van der Waals surface area contributed by atoms with E-state index in [0.717, 1.165) is 0 Å². The van der Waals surface area contributed by atoms with E-state index < -0.39 is 5.82 Å². The minimum absolute atomic E-state index is 0.293. The smallest absolute Gasteiger partial charge is 0.257 e. The number of hydrogen-bond donors (Lipinski definition) is 0. The monoisotopic (exact) mass is 292 g/mol. The van der Waals surface area contributed by atoms with E-state index in [9.17, 15) is 9.18 Å². The van der Waals surface area contributed by atoms with Crippen LogP contribution in [0.25, 0.3) is 0 Å². The van der Waals surface area contributed by atoms with Crippen LogP contribution in [0.1, 0.15) is 18.0 Å². The van der Waals surface area contributed by atoms with Crippen molar-refractivity contribution in [3.8, 4) is 0 Å². The molecule has 102 valence electrons. The number of aromatic nitrogens is 2. The second kappa shape index (κ2) is 5.05. The van der Waals surface area contributed by atoms with Gasteiger partial charge in [-0.25, -0.2) is 19.2 Å². The van der Waals surface area contributed by atoms with Gasteiger partial charge in [-0.1, -0.05) is 11.6 Å². The predicted molar refractivity (Wildman–Crippen MR) is 72.1 cm³/mol. The first-order valence-corrected chi connectivity index (χ1v) is 6.33. The minimum Gasteiger partial charge on any atom is -0.257 e. The predicted octanol–water partition coefficient (Wildman–Crippen LogP) is 3.08. The second-order valence-corrected chi connectivity index (χ2v) is 4.79. The lowest BCUT2D eigenvalue weighted by atomic mass is 10.0. The number of amides is 1. The Morgan fingerprint density at radius 2 is 2.25 bits per heavy atom. The van der Waals surface area contributed by atoms with Gasteiger partial charge in [-0.05, 0) is 23.8 Å². The van der Waals surface area contributed by atoms with Crippen molar-refractivity contribution in [3.05, 3.63) is 53.3 Å². The summed E-state index contributed by atoms with van der Waals surface area (Å²) in [6.07, 6.45) is 6.57. The molecule has 3 rings (SSSR count). The fourth-order valence-corrected chi connectivity index (χ4v) is 2.36. The van der Waals surface area contributed by atoms with Gasteiger partial charge in [-0.3, -0.25) is 4.57 Å². The van der Waals surface area contributed by atoms with Gasteiger partial charge >= 0.3 is 6.03 Å². The van der Waals surface area contributed by atoms with Gasteiger partial charge in [0.2, 0.25) is 0 Å². The summed E-state index contributed by atoms with van der Waals surface area (Å²) in [5.74, 6) is -0.436. The molecule has 1 amide bonds. The van der Waals surface area contributed by atoms with Gasteiger partial charge in [-0.15, -0.1) is 0 Å². The summed E-state index contributed by atoms with van der Waals surface area (Å²) in [6.45, 7) is 0. The molecule has 0 N–H and O–H groups in total. The maximum Gasteiger partial charge on any atom is 0.350 e. The lowest BCUT2D eigenvalue weighted by Gasteiger charge is -2.22. The number of benzene rings is 1. The molecule has 1 aliphatic heterocycles. The van der Waals surface area contributed by atoms with Crippen molar-refractivity contribution < 1.29 is 9.18 Å². The molecule has 1 aliphatic rings. The highest BCUT2D eigenvalue weighted by molar-refractivity contribution is 6.30. The first kappa shape index (κ1) is 12.8. The van der Waals surface area contributed by atoms with E-state index in [1.54, 1.807) is 12.3 Å². The molecular weight excluding hydrogens is 283 g/mol. The minimum atomic E-state index is -0.436. The lowest BCUT2D eigenvalue weighted by molar-refractivity contribution is 0.187. The molecule has 0 aliphatic carbocycles. The van der Waals surface area contributed by atoms with Gasteiger partial charge in [-0.2, -0.15) is 5.10 Å². The van der Waals surface area contributed by atoms with Gasteiger partial charge in [0.1, 0.15) is 12.1 Å². The maximum atomic E-state index is 13.4. The number of hydrogen-bond acceptors (Lipinski definition) is 3. The van der Waals surface area contributed by atoms with E-state index in [1.165, 1.54) is 40.4 Å². The molecule has 2 heterocycles. The number of nitrogens with zero attached hydrogens (tertiary/aromatic N) is 4. The molecule has 0 saturated carbocycles. The fourth-order valence-electron chi connectivity index (χ4n) is 2.13. The third-order valence-corrected chi connectivity index (χ3v) is 3.24. The van der Waals surface area contributed by atoms with Crippen LogP contribution in [0.5, 0.6) is 0 Å². The Morgan fingerprint density at radius 1 is 1.40 bits per heavy atom. The molecule has 7 heteroatoms. The molecule has 1 aromatic carbocycles. The first-order chi connectivity index (χ1) is 9.65. The molecule has 1 unspecified atom stereocenters. The third kappa shape index (κ3) is 2.30. The topological polar surface area (TPSA) is 50.5 Å². The van der Waals surface area contributed by atoms with E-state index in [4.69, 9.17) is 11.6 Å². The number of halogens is 2. The lowest BCUT2D eigenvalue weighted by Crippen LogP contribution is -2.30. The van der Waals surface area contributed by atoms with Crippen molar-refractivity contribution in [3.63, 3.8) is 0 Å². The highest BCUT2D eigenvalue weighted by Crippen LogP contribution is 2.30.